The van der Waals surface area contributed by atoms with Gasteiger partial charge in [-0.05, 0) is 32.3 Å². The monoisotopic (exact) mass is 314 g/mol. The van der Waals surface area contributed by atoms with E-state index in [9.17, 15) is 19.8 Å². The van der Waals surface area contributed by atoms with Gasteiger partial charge in [0, 0.05) is 4.88 Å². The lowest BCUT2D eigenvalue weighted by Crippen LogP contribution is -2.52. The molecule has 0 bridgehead atoms. The Balaban J connectivity index is 2.94. The van der Waals surface area contributed by atoms with Crippen LogP contribution in [0.3, 0.4) is 0 Å². The number of carbonyl (C=O) groups excluding carboxylic acids is 1. The molecule has 1 aromatic rings. The van der Waals surface area contributed by atoms with Crippen molar-refractivity contribution in [2.24, 2.45) is 0 Å². The van der Waals surface area contributed by atoms with Gasteiger partial charge < -0.3 is 15.5 Å². The molecule has 0 aliphatic rings. The van der Waals surface area contributed by atoms with Gasteiger partial charge in [-0.3, -0.25) is 5.32 Å². The molecule has 0 aromatic carbocycles. The number of rotatable bonds is 6. The molecule has 6 nitrogen and oxygen atoms in total. The predicted molar refractivity (Wildman–Crippen MR) is 83.3 cm³/mol. The van der Waals surface area contributed by atoms with Crippen LogP contribution in [-0.4, -0.2) is 34.4 Å². The maximum atomic E-state index is 12.1. The molecular weight excluding hydrogens is 292 g/mol. The smallest absolute Gasteiger partial charge is 0.338 e. The number of aliphatic hydroxyl groups is 1. The van der Waals surface area contributed by atoms with E-state index in [4.69, 9.17) is 0 Å². The SMILES string of the molecule is CCC(CC)(CO)NC(=O)Nc1sc(C)c(C)c1C(=O)O. The van der Waals surface area contributed by atoms with Crippen molar-refractivity contribution in [2.45, 2.75) is 46.1 Å². The van der Waals surface area contributed by atoms with Gasteiger partial charge in [0.15, 0.2) is 0 Å². The van der Waals surface area contributed by atoms with Gasteiger partial charge in [-0.1, -0.05) is 13.8 Å². The van der Waals surface area contributed by atoms with E-state index >= 15 is 0 Å². The van der Waals surface area contributed by atoms with Crippen molar-refractivity contribution in [3.05, 3.63) is 16.0 Å². The van der Waals surface area contributed by atoms with Crippen LogP contribution in [0.5, 0.6) is 0 Å². The van der Waals surface area contributed by atoms with E-state index in [1.807, 2.05) is 20.8 Å². The highest BCUT2D eigenvalue weighted by atomic mass is 32.1. The highest BCUT2D eigenvalue weighted by molar-refractivity contribution is 7.16. The zero-order valence-electron chi connectivity index (χ0n) is 12.7. The second-order valence-electron chi connectivity index (χ2n) is 5.02. The van der Waals surface area contributed by atoms with Crippen LogP contribution in [0.1, 0.15) is 47.5 Å². The van der Waals surface area contributed by atoms with Crippen LogP contribution in [-0.2, 0) is 0 Å². The Morgan fingerprint density at radius 1 is 1.24 bits per heavy atom. The lowest BCUT2D eigenvalue weighted by Gasteiger charge is -2.30. The van der Waals surface area contributed by atoms with Gasteiger partial charge in [0.05, 0.1) is 17.7 Å². The number of urea groups is 1. The van der Waals surface area contributed by atoms with Crippen molar-refractivity contribution in [3.8, 4) is 0 Å². The third kappa shape index (κ3) is 3.74. The van der Waals surface area contributed by atoms with Crippen molar-refractivity contribution in [2.75, 3.05) is 11.9 Å². The third-order valence-corrected chi connectivity index (χ3v) is 4.98. The number of aryl methyl sites for hydroxylation is 1. The van der Waals surface area contributed by atoms with Crippen molar-refractivity contribution >= 4 is 28.3 Å². The molecule has 1 aromatic heterocycles. The molecular formula is C14H22N2O4S. The molecule has 0 radical (unpaired) electrons. The van der Waals surface area contributed by atoms with Crippen LogP contribution in [0.15, 0.2) is 0 Å². The van der Waals surface area contributed by atoms with Crippen LogP contribution in [0, 0.1) is 13.8 Å². The Morgan fingerprint density at radius 3 is 2.24 bits per heavy atom. The Labute approximate surface area is 128 Å². The quantitative estimate of drug-likeness (QED) is 0.649. The fourth-order valence-corrected chi connectivity index (χ4v) is 3.09. The second-order valence-corrected chi connectivity index (χ2v) is 6.24. The molecule has 4 N–H and O–H groups in total. The minimum atomic E-state index is -1.06. The first-order valence-electron chi connectivity index (χ1n) is 6.83. The summed E-state index contributed by atoms with van der Waals surface area (Å²) in [7, 11) is 0. The lowest BCUT2D eigenvalue weighted by atomic mass is 9.94. The van der Waals surface area contributed by atoms with Gasteiger partial charge in [0.25, 0.3) is 0 Å². The number of anilines is 1. The molecule has 7 heteroatoms. The van der Waals surface area contributed by atoms with E-state index in [2.05, 4.69) is 10.6 Å². The number of hydrogen-bond acceptors (Lipinski definition) is 4. The highest BCUT2D eigenvalue weighted by Gasteiger charge is 2.28. The summed E-state index contributed by atoms with van der Waals surface area (Å²) < 4.78 is 0. The maximum absolute atomic E-state index is 12.1. The first-order valence-corrected chi connectivity index (χ1v) is 7.65. The third-order valence-electron chi connectivity index (χ3n) is 3.86. The Kier molecular flexibility index (Phi) is 5.74. The summed E-state index contributed by atoms with van der Waals surface area (Å²) in [6.07, 6.45) is 1.17. The van der Waals surface area contributed by atoms with Crippen molar-refractivity contribution < 1.29 is 19.8 Å². The lowest BCUT2D eigenvalue weighted by molar-refractivity contribution is 0.0697. The van der Waals surface area contributed by atoms with Gasteiger partial charge in [-0.2, -0.15) is 0 Å². The van der Waals surface area contributed by atoms with Crippen molar-refractivity contribution in [1.29, 1.82) is 0 Å². The molecule has 21 heavy (non-hydrogen) atoms. The van der Waals surface area contributed by atoms with E-state index in [0.717, 1.165) is 4.88 Å². The minimum absolute atomic E-state index is 0.121. The van der Waals surface area contributed by atoms with Crippen LogP contribution in [0.4, 0.5) is 9.80 Å². The molecule has 0 unspecified atom stereocenters. The molecule has 118 valence electrons. The van der Waals surface area contributed by atoms with E-state index in [0.29, 0.717) is 23.4 Å². The molecule has 1 heterocycles. The molecule has 0 saturated heterocycles. The van der Waals surface area contributed by atoms with Crippen molar-refractivity contribution in [3.63, 3.8) is 0 Å². The Bertz CT molecular complexity index is 527. The number of amides is 2. The average molecular weight is 314 g/mol. The van der Waals surface area contributed by atoms with Gasteiger partial charge in [0.1, 0.15) is 5.00 Å². The first kappa shape index (κ1) is 17.5. The zero-order valence-corrected chi connectivity index (χ0v) is 13.6. The summed E-state index contributed by atoms with van der Waals surface area (Å²) in [5, 5.41) is 24.3. The van der Waals surface area contributed by atoms with Crippen LogP contribution >= 0.6 is 11.3 Å². The summed E-state index contributed by atoms with van der Waals surface area (Å²) in [4.78, 5) is 24.2. The van der Waals surface area contributed by atoms with Crippen LogP contribution in [0.2, 0.25) is 0 Å². The van der Waals surface area contributed by atoms with Crippen molar-refractivity contribution in [1.82, 2.24) is 5.32 Å². The number of thiophene rings is 1. The van der Waals surface area contributed by atoms with Gasteiger partial charge in [-0.15, -0.1) is 11.3 Å². The van der Waals surface area contributed by atoms with E-state index in [1.54, 1.807) is 6.92 Å². The summed E-state index contributed by atoms with van der Waals surface area (Å²) in [6.45, 7) is 7.12. The largest absolute Gasteiger partial charge is 0.478 e. The Hall–Kier alpha value is -1.60. The Morgan fingerprint density at radius 2 is 1.81 bits per heavy atom. The minimum Gasteiger partial charge on any atom is -0.478 e. The fraction of sp³-hybridized carbons (Fsp3) is 0.571. The summed E-state index contributed by atoms with van der Waals surface area (Å²) >= 11 is 1.23. The first-order chi connectivity index (χ1) is 9.80. The molecule has 0 atom stereocenters. The standard InChI is InChI=1S/C14H22N2O4S/c1-5-14(6-2,7-17)16-13(20)15-11-10(12(18)19)8(3)9(4)21-11/h17H,5-7H2,1-4H3,(H,18,19)(H2,15,16,20). The topological polar surface area (TPSA) is 98.7 Å². The number of carboxylic acid groups (broad SMARTS) is 1. The second kappa shape index (κ2) is 6.91. The number of nitrogens with one attached hydrogen (secondary N) is 2. The van der Waals surface area contributed by atoms with Gasteiger partial charge in [0.2, 0.25) is 0 Å². The normalized spacial score (nSPS) is 11.3. The summed E-state index contributed by atoms with van der Waals surface area (Å²) in [6, 6.07) is -0.503. The van der Waals surface area contributed by atoms with Crippen LogP contribution in [0.25, 0.3) is 0 Å². The number of carboxylic acids is 1. The number of aromatic carboxylic acids is 1. The number of aliphatic hydroxyl groups excluding tert-OH is 1. The van der Waals surface area contributed by atoms with Gasteiger partial charge in [-0.25, -0.2) is 9.59 Å². The molecule has 0 spiro atoms. The number of hydrogen-bond donors (Lipinski definition) is 4. The highest BCUT2D eigenvalue weighted by Crippen LogP contribution is 2.32. The molecule has 0 saturated carbocycles. The summed E-state index contributed by atoms with van der Waals surface area (Å²) in [5.41, 5.74) is 0.0897. The average Bonchev–Trinajstić information content (AvgIpc) is 2.71. The van der Waals surface area contributed by atoms with E-state index < -0.39 is 17.5 Å². The number of carbonyl (C=O) groups is 2. The fourth-order valence-electron chi connectivity index (χ4n) is 2.04. The molecule has 0 aliphatic heterocycles. The predicted octanol–water partition coefficient (Wildman–Crippen LogP) is 2.74. The van der Waals surface area contributed by atoms with Gasteiger partial charge >= 0.3 is 12.0 Å². The summed E-state index contributed by atoms with van der Waals surface area (Å²) in [5.74, 6) is -1.06. The zero-order chi connectivity index (χ0) is 16.2. The van der Waals surface area contributed by atoms with E-state index in [-0.39, 0.29) is 12.2 Å². The molecule has 2 amide bonds. The molecule has 1 rings (SSSR count). The molecule has 0 fully saturated rings. The van der Waals surface area contributed by atoms with Crippen LogP contribution < -0.4 is 10.6 Å². The molecule has 0 aliphatic carbocycles. The maximum Gasteiger partial charge on any atom is 0.338 e. The van der Waals surface area contributed by atoms with E-state index in [1.165, 1.54) is 11.3 Å².